The summed E-state index contributed by atoms with van der Waals surface area (Å²) in [5.41, 5.74) is 7.25. The van der Waals surface area contributed by atoms with E-state index in [0.717, 1.165) is 5.56 Å². The Hall–Kier alpha value is -3.09. The monoisotopic (exact) mass is 489 g/mol. The first-order valence-electron chi connectivity index (χ1n) is 10.6. The van der Waals surface area contributed by atoms with Gasteiger partial charge in [-0.15, -0.1) is 0 Å². The molecule has 6 heterocycles. The number of carbonyl (C=O) groups excluding carboxylic acids is 1. The van der Waals surface area contributed by atoms with Crippen LogP contribution in [0, 0.1) is 0 Å². The van der Waals surface area contributed by atoms with Crippen LogP contribution in [0.4, 0.5) is 10.6 Å². The Morgan fingerprint density at radius 1 is 1.18 bits per heavy atom. The van der Waals surface area contributed by atoms with E-state index in [4.69, 9.17) is 33.5 Å². The van der Waals surface area contributed by atoms with Crippen LogP contribution in [0.1, 0.15) is 24.3 Å². The summed E-state index contributed by atoms with van der Waals surface area (Å²) in [6, 6.07) is 5.30. The topological polar surface area (TPSA) is 159 Å². The lowest BCUT2D eigenvalue weighted by molar-refractivity contribution is -0.0744. The fourth-order valence-corrected chi connectivity index (χ4v) is 5.72. The minimum Gasteiger partial charge on any atom is -0.424 e. The minimum absolute atomic E-state index is 0.194. The normalized spacial score (nSPS) is 32.9. The molecule has 0 bridgehead atoms. The van der Waals surface area contributed by atoms with Gasteiger partial charge in [0.15, 0.2) is 18.4 Å². The highest BCUT2D eigenvalue weighted by Crippen LogP contribution is 2.57. The van der Waals surface area contributed by atoms with Crippen molar-refractivity contribution >= 4 is 30.8 Å². The van der Waals surface area contributed by atoms with Gasteiger partial charge in [0.1, 0.15) is 23.9 Å². The predicted molar refractivity (Wildman–Crippen MR) is 113 cm³/mol. The average molecular weight is 489 g/mol. The third-order valence-corrected chi connectivity index (χ3v) is 7.40. The molecule has 3 aromatic heterocycles. The van der Waals surface area contributed by atoms with Gasteiger partial charge >= 0.3 is 14.0 Å². The van der Waals surface area contributed by atoms with Crippen LogP contribution in [0.5, 0.6) is 0 Å². The van der Waals surface area contributed by atoms with Gasteiger partial charge in [-0.05, 0) is 23.8 Å². The van der Waals surface area contributed by atoms with E-state index in [1.807, 2.05) is 0 Å². The summed E-state index contributed by atoms with van der Waals surface area (Å²) >= 11 is 0. The van der Waals surface area contributed by atoms with Gasteiger partial charge in [-0.3, -0.25) is 18.6 Å². The van der Waals surface area contributed by atoms with E-state index in [-0.39, 0.29) is 13.2 Å². The summed E-state index contributed by atoms with van der Waals surface area (Å²) in [6.07, 6.45) is 2.41. The molecule has 6 atom stereocenters. The zero-order chi connectivity index (χ0) is 23.3. The van der Waals surface area contributed by atoms with Crippen molar-refractivity contribution in [2.24, 2.45) is 0 Å². The number of pyridine rings is 1. The Balaban J connectivity index is 1.20. The Labute approximate surface area is 192 Å². The molecule has 0 saturated carbocycles. The molecule has 6 rings (SSSR count). The van der Waals surface area contributed by atoms with Crippen LogP contribution in [-0.4, -0.2) is 57.2 Å². The SMILES string of the molecule is Nc1ncnc2c1ccn2[C@@H]1O[C@H](COP2(=O)OCC[C@H](c3ccncc3)O2)[C@H]2OC(=O)O[C@H]21. The van der Waals surface area contributed by atoms with Crippen molar-refractivity contribution in [2.45, 2.75) is 37.1 Å². The number of nitrogen functional groups attached to an aromatic ring is 1. The van der Waals surface area contributed by atoms with E-state index in [1.54, 1.807) is 41.4 Å². The lowest BCUT2D eigenvalue weighted by Crippen LogP contribution is -2.32. The van der Waals surface area contributed by atoms with Gasteiger partial charge in [0.2, 0.25) is 0 Å². The fraction of sp³-hybridized carbons (Fsp3) is 0.400. The second kappa shape index (κ2) is 8.29. The Bertz CT molecular complexity index is 1270. The summed E-state index contributed by atoms with van der Waals surface area (Å²) in [5, 5.41) is 0.628. The number of nitrogens with zero attached hydrogens (tertiary/aromatic N) is 4. The summed E-state index contributed by atoms with van der Waals surface area (Å²) in [6.45, 7) is -0.0238. The first-order chi connectivity index (χ1) is 16.5. The molecule has 34 heavy (non-hydrogen) atoms. The largest absolute Gasteiger partial charge is 0.509 e. The first-order valence-corrected chi connectivity index (χ1v) is 12.0. The molecular weight excluding hydrogens is 469 g/mol. The summed E-state index contributed by atoms with van der Waals surface area (Å²) in [4.78, 5) is 24.1. The van der Waals surface area contributed by atoms with Gasteiger partial charge in [0, 0.05) is 25.0 Å². The average Bonchev–Trinajstić information content (AvgIpc) is 3.52. The van der Waals surface area contributed by atoms with Crippen LogP contribution in [0.15, 0.2) is 43.1 Å². The third kappa shape index (κ3) is 3.71. The highest BCUT2D eigenvalue weighted by atomic mass is 31.2. The van der Waals surface area contributed by atoms with Gasteiger partial charge in [-0.2, -0.15) is 0 Å². The molecule has 13 nitrogen and oxygen atoms in total. The molecule has 3 fully saturated rings. The maximum atomic E-state index is 13.1. The van der Waals surface area contributed by atoms with Crippen LogP contribution >= 0.6 is 7.82 Å². The zero-order valence-electron chi connectivity index (χ0n) is 17.6. The van der Waals surface area contributed by atoms with Gasteiger partial charge in [-0.1, -0.05) is 0 Å². The molecule has 3 aliphatic rings. The van der Waals surface area contributed by atoms with Crippen molar-refractivity contribution in [3.8, 4) is 0 Å². The molecule has 3 aromatic rings. The number of nitrogens with two attached hydrogens (primary N) is 1. The van der Waals surface area contributed by atoms with E-state index in [0.29, 0.717) is 23.3 Å². The van der Waals surface area contributed by atoms with Crippen molar-refractivity contribution in [3.63, 3.8) is 0 Å². The van der Waals surface area contributed by atoms with Gasteiger partial charge in [0.25, 0.3) is 0 Å². The highest BCUT2D eigenvalue weighted by Gasteiger charge is 2.56. The molecular formula is C20H20N5O8P. The molecule has 1 unspecified atom stereocenters. The van der Waals surface area contributed by atoms with E-state index in [9.17, 15) is 9.36 Å². The molecule has 0 aromatic carbocycles. The summed E-state index contributed by atoms with van der Waals surface area (Å²) in [7, 11) is -3.89. The Morgan fingerprint density at radius 2 is 2.00 bits per heavy atom. The van der Waals surface area contributed by atoms with E-state index in [1.165, 1.54) is 6.33 Å². The van der Waals surface area contributed by atoms with E-state index < -0.39 is 44.6 Å². The van der Waals surface area contributed by atoms with Gasteiger partial charge in [0.05, 0.1) is 24.7 Å². The van der Waals surface area contributed by atoms with Crippen molar-refractivity contribution in [2.75, 3.05) is 18.9 Å². The number of phosphoric acid groups is 1. The number of phosphoric ester groups is 1. The number of rotatable bonds is 5. The molecule has 3 saturated heterocycles. The number of hydrogen-bond acceptors (Lipinski definition) is 12. The van der Waals surface area contributed by atoms with Gasteiger partial charge < -0.3 is 24.5 Å². The Morgan fingerprint density at radius 3 is 2.85 bits per heavy atom. The molecule has 0 radical (unpaired) electrons. The van der Waals surface area contributed by atoms with E-state index in [2.05, 4.69) is 15.0 Å². The highest BCUT2D eigenvalue weighted by molar-refractivity contribution is 7.48. The predicted octanol–water partition coefficient (Wildman–Crippen LogP) is 2.51. The van der Waals surface area contributed by atoms with Crippen LogP contribution in [0.2, 0.25) is 0 Å². The molecule has 3 aliphatic heterocycles. The van der Waals surface area contributed by atoms with Crippen LogP contribution < -0.4 is 5.73 Å². The fourth-order valence-electron chi connectivity index (χ4n) is 4.33. The van der Waals surface area contributed by atoms with Crippen molar-refractivity contribution in [1.82, 2.24) is 19.5 Å². The molecule has 0 amide bonds. The minimum atomic E-state index is -3.89. The molecule has 0 spiro atoms. The maximum Gasteiger partial charge on any atom is 0.509 e. The van der Waals surface area contributed by atoms with Gasteiger partial charge in [-0.25, -0.2) is 19.3 Å². The number of carbonyl (C=O) groups is 1. The number of ether oxygens (including phenoxy) is 3. The second-order valence-corrected chi connectivity index (χ2v) is 9.56. The standard InChI is InChI=1S/C20H20N5O8P/c21-17-12-3-7-25(18(12)24-10-23-17)19-16-15(31-20(26)32-16)14(30-19)9-29-34(27)28-8-4-13(33-34)11-1-5-22-6-2-11/h1-3,5-7,10,13-16,19H,4,8-9H2,(H2,21,23,24)/t13-,14-,15-,16-,19-,34?/m1/s1. The van der Waals surface area contributed by atoms with Crippen LogP contribution in [-0.2, 0) is 32.3 Å². The number of fused-ring (bicyclic) bond motifs is 2. The molecule has 2 N–H and O–H groups in total. The summed E-state index contributed by atoms with van der Waals surface area (Å²) in [5.74, 6) is 0.311. The van der Waals surface area contributed by atoms with E-state index >= 15 is 0 Å². The smallest absolute Gasteiger partial charge is 0.424 e. The zero-order valence-corrected chi connectivity index (χ0v) is 18.5. The maximum absolute atomic E-state index is 13.1. The number of aromatic nitrogens is 4. The third-order valence-electron chi connectivity index (χ3n) is 5.92. The van der Waals surface area contributed by atoms with Crippen molar-refractivity contribution in [3.05, 3.63) is 48.7 Å². The van der Waals surface area contributed by atoms with Crippen molar-refractivity contribution < 1.29 is 37.1 Å². The summed E-state index contributed by atoms with van der Waals surface area (Å²) < 4.78 is 48.2. The lowest BCUT2D eigenvalue weighted by Gasteiger charge is -2.29. The lowest BCUT2D eigenvalue weighted by atomic mass is 10.1. The number of anilines is 1. The molecule has 178 valence electrons. The van der Waals surface area contributed by atoms with Crippen molar-refractivity contribution in [1.29, 1.82) is 0 Å². The second-order valence-electron chi connectivity index (χ2n) is 7.94. The Kier molecular flexibility index (Phi) is 5.23. The number of hydrogen-bond donors (Lipinski definition) is 1. The molecule has 0 aliphatic carbocycles. The molecule has 14 heteroatoms. The first kappa shape index (κ1) is 21.4. The van der Waals surface area contributed by atoms with Crippen LogP contribution in [0.25, 0.3) is 11.0 Å². The quantitative estimate of drug-likeness (QED) is 0.413. The van der Waals surface area contributed by atoms with Crippen LogP contribution in [0.3, 0.4) is 0 Å².